The Kier molecular flexibility index (Phi) is 3.16. The summed E-state index contributed by atoms with van der Waals surface area (Å²) in [5.41, 5.74) is 1.40. The molecule has 0 spiro atoms. The summed E-state index contributed by atoms with van der Waals surface area (Å²) in [6, 6.07) is 14.7. The van der Waals surface area contributed by atoms with E-state index >= 15 is 0 Å². The Morgan fingerprint density at radius 1 is 1.05 bits per heavy atom. The van der Waals surface area contributed by atoms with Crippen molar-refractivity contribution in [2.75, 3.05) is 7.11 Å². The van der Waals surface area contributed by atoms with Crippen molar-refractivity contribution in [2.24, 2.45) is 0 Å². The molecule has 0 saturated heterocycles. The molecule has 0 atom stereocenters. The minimum absolute atomic E-state index is 0.0103. The van der Waals surface area contributed by atoms with Crippen LogP contribution in [-0.2, 0) is 0 Å². The quantitative estimate of drug-likeness (QED) is 0.701. The van der Waals surface area contributed by atoms with E-state index in [1.54, 1.807) is 7.11 Å². The zero-order valence-electron chi connectivity index (χ0n) is 10.8. The minimum atomic E-state index is -0.0103. The van der Waals surface area contributed by atoms with E-state index in [0.717, 1.165) is 16.7 Å². The van der Waals surface area contributed by atoms with Gasteiger partial charge >= 0.3 is 0 Å². The van der Waals surface area contributed by atoms with Crippen molar-refractivity contribution in [1.29, 1.82) is 0 Å². The van der Waals surface area contributed by atoms with Crippen LogP contribution in [0.15, 0.2) is 52.9 Å². The molecule has 0 aliphatic rings. The van der Waals surface area contributed by atoms with Crippen molar-refractivity contribution in [3.63, 3.8) is 0 Å². The summed E-state index contributed by atoms with van der Waals surface area (Å²) < 4.78 is 11.3. The zero-order valence-corrected chi connectivity index (χ0v) is 11.6. The number of hydrogen-bond acceptors (Lipinski definition) is 4. The molecule has 0 aliphatic heterocycles. The van der Waals surface area contributed by atoms with E-state index < -0.39 is 0 Å². The van der Waals surface area contributed by atoms with Gasteiger partial charge < -0.3 is 14.3 Å². The highest BCUT2D eigenvalue weighted by Gasteiger charge is 2.12. The number of aromatic hydroxyl groups is 1. The van der Waals surface area contributed by atoms with Gasteiger partial charge in [-0.2, -0.15) is 0 Å². The lowest BCUT2D eigenvalue weighted by Crippen LogP contribution is -1.85. The molecular formula is C16H12O3S. The fourth-order valence-electron chi connectivity index (χ4n) is 2.07. The SMILES string of the molecule is COc1ccc(-c2oc3ccccc3c(=S)c2O)cc1. The Balaban J connectivity index is 2.25. The predicted molar refractivity (Wildman–Crippen MR) is 80.7 cm³/mol. The third-order valence-electron chi connectivity index (χ3n) is 3.13. The number of methoxy groups -OCH3 is 1. The first-order chi connectivity index (χ1) is 9.70. The molecule has 1 aromatic heterocycles. The fourth-order valence-corrected chi connectivity index (χ4v) is 2.33. The Bertz CT molecular complexity index is 819. The van der Waals surface area contributed by atoms with E-state index in [-0.39, 0.29) is 5.75 Å². The molecule has 1 heterocycles. The molecule has 0 bridgehead atoms. The average Bonchev–Trinajstić information content (AvgIpc) is 2.51. The molecule has 3 aromatic rings. The molecule has 0 radical (unpaired) electrons. The van der Waals surface area contributed by atoms with Crippen LogP contribution < -0.4 is 4.74 Å². The summed E-state index contributed by atoms with van der Waals surface area (Å²) in [6.45, 7) is 0. The lowest BCUT2D eigenvalue weighted by molar-refractivity contribution is 0.414. The van der Waals surface area contributed by atoms with Crippen molar-refractivity contribution in [2.45, 2.75) is 0 Å². The maximum atomic E-state index is 10.2. The van der Waals surface area contributed by atoms with Crippen LogP contribution >= 0.6 is 12.2 Å². The van der Waals surface area contributed by atoms with E-state index in [4.69, 9.17) is 21.4 Å². The van der Waals surface area contributed by atoms with Gasteiger partial charge in [0.2, 0.25) is 0 Å². The summed E-state index contributed by atoms with van der Waals surface area (Å²) >= 11 is 5.30. The summed E-state index contributed by atoms with van der Waals surface area (Å²) in [7, 11) is 1.61. The number of fused-ring (bicyclic) bond motifs is 1. The lowest BCUT2D eigenvalue weighted by atomic mass is 10.1. The van der Waals surface area contributed by atoms with E-state index in [9.17, 15) is 5.11 Å². The van der Waals surface area contributed by atoms with E-state index in [2.05, 4.69) is 0 Å². The van der Waals surface area contributed by atoms with Crippen molar-refractivity contribution >= 4 is 23.2 Å². The van der Waals surface area contributed by atoms with Gasteiger partial charge in [0.05, 0.1) is 11.6 Å². The van der Waals surface area contributed by atoms with Crippen molar-refractivity contribution in [3.05, 3.63) is 53.0 Å². The Morgan fingerprint density at radius 3 is 2.45 bits per heavy atom. The third-order valence-corrected chi connectivity index (χ3v) is 3.54. The Labute approximate surface area is 121 Å². The second-order valence-electron chi connectivity index (χ2n) is 4.33. The van der Waals surface area contributed by atoms with E-state index in [0.29, 0.717) is 15.9 Å². The van der Waals surface area contributed by atoms with Gasteiger partial charge in [-0.3, -0.25) is 0 Å². The second kappa shape index (κ2) is 4.98. The van der Waals surface area contributed by atoms with Crippen LogP contribution in [0.1, 0.15) is 0 Å². The van der Waals surface area contributed by atoms with Crippen LogP contribution in [0.25, 0.3) is 22.3 Å². The van der Waals surface area contributed by atoms with Crippen LogP contribution in [0.2, 0.25) is 0 Å². The first kappa shape index (κ1) is 12.7. The highest BCUT2D eigenvalue weighted by Crippen LogP contribution is 2.35. The number of rotatable bonds is 2. The highest BCUT2D eigenvalue weighted by atomic mass is 32.1. The van der Waals surface area contributed by atoms with Gasteiger partial charge in [0.15, 0.2) is 11.5 Å². The van der Waals surface area contributed by atoms with Crippen LogP contribution in [0, 0.1) is 4.51 Å². The summed E-state index contributed by atoms with van der Waals surface area (Å²) in [5, 5.41) is 11.0. The molecular weight excluding hydrogens is 272 g/mol. The third kappa shape index (κ3) is 2.04. The first-order valence-electron chi connectivity index (χ1n) is 6.10. The highest BCUT2D eigenvalue weighted by molar-refractivity contribution is 7.71. The van der Waals surface area contributed by atoms with Crippen LogP contribution in [0.3, 0.4) is 0 Å². The molecule has 20 heavy (non-hydrogen) atoms. The molecule has 3 rings (SSSR count). The van der Waals surface area contributed by atoms with Crippen LogP contribution in [0.4, 0.5) is 0 Å². The van der Waals surface area contributed by atoms with Gasteiger partial charge in [-0.15, -0.1) is 0 Å². The molecule has 0 saturated carbocycles. The van der Waals surface area contributed by atoms with Crippen molar-refractivity contribution < 1.29 is 14.3 Å². The number of benzene rings is 2. The standard InChI is InChI=1S/C16H12O3S/c1-18-11-8-6-10(7-9-11)15-14(17)16(20)12-4-2-3-5-13(12)19-15/h2-9,17H,1H3. The van der Waals surface area contributed by atoms with Gasteiger partial charge in [-0.05, 0) is 36.4 Å². The molecule has 0 amide bonds. The van der Waals surface area contributed by atoms with Gasteiger partial charge in [0.1, 0.15) is 11.3 Å². The topological polar surface area (TPSA) is 42.6 Å². The van der Waals surface area contributed by atoms with Crippen LogP contribution in [-0.4, -0.2) is 12.2 Å². The monoisotopic (exact) mass is 284 g/mol. The summed E-state index contributed by atoms with van der Waals surface area (Å²) in [5.74, 6) is 1.10. The second-order valence-corrected chi connectivity index (χ2v) is 4.74. The summed E-state index contributed by atoms with van der Waals surface area (Å²) in [6.07, 6.45) is 0. The van der Waals surface area contributed by atoms with E-state index in [1.165, 1.54) is 0 Å². The van der Waals surface area contributed by atoms with Crippen molar-refractivity contribution in [3.8, 4) is 22.8 Å². The largest absolute Gasteiger partial charge is 0.503 e. The van der Waals surface area contributed by atoms with Gasteiger partial charge in [-0.1, -0.05) is 24.4 Å². The predicted octanol–water partition coefficient (Wildman–Crippen LogP) is 4.54. The van der Waals surface area contributed by atoms with Crippen LogP contribution in [0.5, 0.6) is 11.5 Å². The average molecular weight is 284 g/mol. The molecule has 0 fully saturated rings. The van der Waals surface area contributed by atoms with Gasteiger partial charge in [0.25, 0.3) is 0 Å². The molecule has 3 nitrogen and oxygen atoms in total. The molecule has 0 unspecified atom stereocenters. The molecule has 0 aliphatic carbocycles. The number of hydrogen-bond donors (Lipinski definition) is 1. The molecule has 1 N–H and O–H groups in total. The molecule has 2 aromatic carbocycles. The summed E-state index contributed by atoms with van der Waals surface area (Å²) in [4.78, 5) is 0. The van der Waals surface area contributed by atoms with Gasteiger partial charge in [-0.25, -0.2) is 0 Å². The maximum absolute atomic E-state index is 10.2. The first-order valence-corrected chi connectivity index (χ1v) is 6.51. The number of para-hydroxylation sites is 1. The van der Waals surface area contributed by atoms with E-state index in [1.807, 2.05) is 48.5 Å². The maximum Gasteiger partial charge on any atom is 0.178 e. The molecule has 4 heteroatoms. The lowest BCUT2D eigenvalue weighted by Gasteiger charge is -2.07. The Hall–Kier alpha value is -2.33. The fraction of sp³-hybridized carbons (Fsp3) is 0.0625. The molecule has 100 valence electrons. The van der Waals surface area contributed by atoms with Crippen molar-refractivity contribution in [1.82, 2.24) is 0 Å². The Morgan fingerprint density at radius 2 is 1.75 bits per heavy atom. The normalized spacial score (nSPS) is 10.7. The smallest absolute Gasteiger partial charge is 0.178 e. The zero-order chi connectivity index (χ0) is 14.1. The van der Waals surface area contributed by atoms with Gasteiger partial charge in [0, 0.05) is 10.9 Å². The number of ether oxygens (including phenoxy) is 1. The minimum Gasteiger partial charge on any atom is -0.503 e.